The van der Waals surface area contributed by atoms with Gasteiger partial charge in [-0.1, -0.05) is 11.8 Å². The zero-order chi connectivity index (χ0) is 15.0. The number of aliphatic carboxylic acids is 1. The van der Waals surface area contributed by atoms with Crippen molar-refractivity contribution in [2.45, 2.75) is 61.7 Å². The van der Waals surface area contributed by atoms with E-state index in [0.29, 0.717) is 18.4 Å². The van der Waals surface area contributed by atoms with Gasteiger partial charge in [0.2, 0.25) is 0 Å². The van der Waals surface area contributed by atoms with Gasteiger partial charge in [-0.05, 0) is 46.1 Å². The number of nitrogens with zero attached hydrogens (tertiary/aromatic N) is 3. The lowest BCUT2D eigenvalue weighted by Crippen LogP contribution is -2.47. The molecule has 116 valence electrons. The number of thioether (sulfide) groups is 1. The molecule has 1 unspecified atom stereocenters. The maximum atomic E-state index is 11.3. The summed E-state index contributed by atoms with van der Waals surface area (Å²) in [6.45, 7) is 1.72. The highest BCUT2D eigenvalue weighted by Crippen LogP contribution is 2.46. The lowest BCUT2D eigenvalue weighted by Gasteiger charge is -2.23. The van der Waals surface area contributed by atoms with Crippen molar-refractivity contribution in [1.29, 1.82) is 0 Å². The number of aromatic nitrogens is 3. The molecule has 2 aliphatic carbocycles. The van der Waals surface area contributed by atoms with E-state index in [1.165, 1.54) is 25.7 Å². The molecule has 1 aromatic heterocycles. The third-order valence-corrected chi connectivity index (χ3v) is 5.35. The van der Waals surface area contributed by atoms with E-state index < -0.39 is 11.5 Å². The molecule has 0 aliphatic heterocycles. The summed E-state index contributed by atoms with van der Waals surface area (Å²) < 4.78 is 2.31. The van der Waals surface area contributed by atoms with Crippen molar-refractivity contribution < 1.29 is 9.90 Å². The van der Waals surface area contributed by atoms with E-state index in [-0.39, 0.29) is 0 Å². The zero-order valence-electron chi connectivity index (χ0n) is 12.5. The summed E-state index contributed by atoms with van der Waals surface area (Å²) in [5, 5.41) is 21.8. The van der Waals surface area contributed by atoms with Crippen LogP contribution in [-0.4, -0.2) is 44.2 Å². The molecule has 0 spiro atoms. The first-order valence-electron chi connectivity index (χ1n) is 7.55. The zero-order valence-corrected chi connectivity index (χ0v) is 13.3. The van der Waals surface area contributed by atoms with E-state index in [4.69, 9.17) is 0 Å². The molecule has 0 aromatic carbocycles. The maximum absolute atomic E-state index is 11.3. The highest BCUT2D eigenvalue weighted by Gasteiger charge is 2.37. The minimum absolute atomic E-state index is 0.555. The Morgan fingerprint density at radius 3 is 2.67 bits per heavy atom. The first kappa shape index (κ1) is 14.8. The molecule has 7 heteroatoms. The number of carboxylic acid groups (broad SMARTS) is 1. The molecule has 2 N–H and O–H groups in total. The number of likely N-dealkylation sites (N-methyl/N-ethyl adjacent to an activating group) is 1. The summed E-state index contributed by atoms with van der Waals surface area (Å²) in [5.74, 6) is 1.66. The third-order valence-electron chi connectivity index (χ3n) is 4.40. The summed E-state index contributed by atoms with van der Waals surface area (Å²) in [6.07, 6.45) is 5.45. The maximum Gasteiger partial charge on any atom is 0.323 e. The van der Waals surface area contributed by atoms with Crippen LogP contribution >= 0.6 is 11.8 Å². The first-order valence-corrected chi connectivity index (χ1v) is 8.53. The molecule has 1 aromatic rings. The topological polar surface area (TPSA) is 80.0 Å². The molecule has 1 atom stereocenters. The number of hydrogen-bond acceptors (Lipinski definition) is 5. The average Bonchev–Trinajstić information content (AvgIpc) is 3.37. The molecule has 2 fully saturated rings. The van der Waals surface area contributed by atoms with Crippen LogP contribution < -0.4 is 5.32 Å². The lowest BCUT2D eigenvalue weighted by atomic mass is 10.00. The summed E-state index contributed by atoms with van der Waals surface area (Å²) in [6, 6.07) is 0.577. The van der Waals surface area contributed by atoms with Crippen molar-refractivity contribution in [3.8, 4) is 0 Å². The van der Waals surface area contributed by atoms with Gasteiger partial charge in [-0.3, -0.25) is 4.79 Å². The number of nitrogens with one attached hydrogen (secondary N) is 1. The minimum Gasteiger partial charge on any atom is -0.480 e. The highest BCUT2D eigenvalue weighted by atomic mass is 32.2. The molecular formula is C14H22N4O2S. The molecule has 6 nitrogen and oxygen atoms in total. The van der Waals surface area contributed by atoms with Gasteiger partial charge in [-0.2, -0.15) is 0 Å². The number of carbonyl (C=O) groups is 1. The fourth-order valence-electron chi connectivity index (χ4n) is 2.37. The Morgan fingerprint density at radius 1 is 1.43 bits per heavy atom. The summed E-state index contributed by atoms with van der Waals surface area (Å²) in [7, 11) is 1.69. The van der Waals surface area contributed by atoms with E-state index in [1.807, 2.05) is 0 Å². The number of carboxylic acids is 1. The predicted molar refractivity (Wildman–Crippen MR) is 80.7 cm³/mol. The highest BCUT2D eigenvalue weighted by molar-refractivity contribution is 7.99. The first-order chi connectivity index (χ1) is 10.0. The Hall–Kier alpha value is -1.08. The van der Waals surface area contributed by atoms with Gasteiger partial charge in [-0.15, -0.1) is 10.2 Å². The fourth-order valence-corrected chi connectivity index (χ4v) is 3.54. The smallest absolute Gasteiger partial charge is 0.323 e. The van der Waals surface area contributed by atoms with Crippen molar-refractivity contribution >= 4 is 17.7 Å². The molecule has 0 saturated heterocycles. The Morgan fingerprint density at radius 2 is 2.14 bits per heavy atom. The molecule has 0 amide bonds. The standard InChI is InChI=1S/C14H22N4O2S/c1-14(15-2,12(19)20)7-8-21-13-17-16-11(9-3-4-9)18(13)10-5-6-10/h9-10,15H,3-8H2,1-2H3,(H,19,20). The van der Waals surface area contributed by atoms with E-state index in [9.17, 15) is 9.90 Å². The van der Waals surface area contributed by atoms with Gasteiger partial charge in [0, 0.05) is 17.7 Å². The van der Waals surface area contributed by atoms with Gasteiger partial charge in [0.25, 0.3) is 0 Å². The second-order valence-electron chi connectivity index (χ2n) is 6.20. The van der Waals surface area contributed by atoms with Gasteiger partial charge >= 0.3 is 5.97 Å². The summed E-state index contributed by atoms with van der Waals surface area (Å²) >= 11 is 1.63. The van der Waals surface area contributed by atoms with Crippen LogP contribution in [0.25, 0.3) is 0 Å². The van der Waals surface area contributed by atoms with Gasteiger partial charge in [0.15, 0.2) is 5.16 Å². The van der Waals surface area contributed by atoms with Crippen LogP contribution in [0.1, 0.15) is 56.8 Å². The van der Waals surface area contributed by atoms with Crippen molar-refractivity contribution in [3.63, 3.8) is 0 Å². The lowest BCUT2D eigenvalue weighted by molar-refractivity contribution is -0.144. The van der Waals surface area contributed by atoms with E-state index in [1.54, 1.807) is 25.7 Å². The Kier molecular flexibility index (Phi) is 3.96. The Balaban J connectivity index is 1.64. The van der Waals surface area contributed by atoms with Crippen molar-refractivity contribution in [1.82, 2.24) is 20.1 Å². The fraction of sp³-hybridized carbons (Fsp3) is 0.786. The Labute approximate surface area is 128 Å². The van der Waals surface area contributed by atoms with Gasteiger partial charge in [0.05, 0.1) is 0 Å². The molecule has 1 heterocycles. The van der Waals surface area contributed by atoms with E-state index in [0.717, 1.165) is 16.7 Å². The van der Waals surface area contributed by atoms with Gasteiger partial charge in [-0.25, -0.2) is 0 Å². The molecule has 2 saturated carbocycles. The molecule has 2 aliphatic rings. The monoisotopic (exact) mass is 310 g/mol. The van der Waals surface area contributed by atoms with Crippen LogP contribution in [-0.2, 0) is 4.79 Å². The SMILES string of the molecule is CNC(C)(CCSc1nnc(C2CC2)n1C1CC1)C(=O)O. The predicted octanol–water partition coefficient (Wildman–Crippen LogP) is 2.04. The van der Waals surface area contributed by atoms with Crippen LogP contribution in [0.2, 0.25) is 0 Å². The molecular weight excluding hydrogens is 288 g/mol. The van der Waals surface area contributed by atoms with Gasteiger partial charge < -0.3 is 15.0 Å². The number of rotatable bonds is 8. The second kappa shape index (κ2) is 5.61. The number of hydrogen-bond donors (Lipinski definition) is 2. The molecule has 21 heavy (non-hydrogen) atoms. The van der Waals surface area contributed by atoms with Crippen molar-refractivity contribution in [3.05, 3.63) is 5.82 Å². The molecule has 0 radical (unpaired) electrons. The van der Waals surface area contributed by atoms with Gasteiger partial charge in [0.1, 0.15) is 11.4 Å². The Bertz CT molecular complexity index is 539. The van der Waals surface area contributed by atoms with Crippen molar-refractivity contribution in [2.75, 3.05) is 12.8 Å². The normalized spacial score (nSPS) is 21.2. The second-order valence-corrected chi connectivity index (χ2v) is 7.26. The van der Waals surface area contributed by atoms with Crippen LogP contribution in [0.4, 0.5) is 0 Å². The summed E-state index contributed by atoms with van der Waals surface area (Å²) in [4.78, 5) is 11.3. The molecule has 0 bridgehead atoms. The average molecular weight is 310 g/mol. The van der Waals surface area contributed by atoms with Crippen LogP contribution in [0.3, 0.4) is 0 Å². The van der Waals surface area contributed by atoms with Crippen LogP contribution in [0.15, 0.2) is 5.16 Å². The van der Waals surface area contributed by atoms with Crippen LogP contribution in [0, 0.1) is 0 Å². The minimum atomic E-state index is -0.878. The third kappa shape index (κ3) is 3.08. The van der Waals surface area contributed by atoms with Crippen molar-refractivity contribution in [2.24, 2.45) is 0 Å². The van der Waals surface area contributed by atoms with Crippen LogP contribution in [0.5, 0.6) is 0 Å². The quantitative estimate of drug-likeness (QED) is 0.715. The summed E-state index contributed by atoms with van der Waals surface area (Å²) in [5.41, 5.74) is -0.878. The molecule has 3 rings (SSSR count). The van der Waals surface area contributed by atoms with E-state index in [2.05, 4.69) is 20.1 Å². The largest absolute Gasteiger partial charge is 0.480 e. The van der Waals surface area contributed by atoms with E-state index >= 15 is 0 Å².